The minimum atomic E-state index is 0.406. The Morgan fingerprint density at radius 1 is 1.22 bits per heavy atom. The van der Waals surface area contributed by atoms with E-state index in [1.54, 1.807) is 0 Å². The zero-order valence-electron chi connectivity index (χ0n) is 11.5. The summed E-state index contributed by atoms with van der Waals surface area (Å²) in [5.74, 6) is 1.97. The van der Waals surface area contributed by atoms with E-state index in [1.165, 1.54) is 0 Å². The van der Waals surface area contributed by atoms with Gasteiger partial charge in [-0.25, -0.2) is 4.98 Å². The first kappa shape index (κ1) is 12.7. The molecule has 0 atom stereocenters. The largest absolute Gasteiger partial charge is 0.487 e. The number of ether oxygens (including phenoxy) is 1. The molecule has 0 unspecified atom stereocenters. The fourth-order valence-corrected chi connectivity index (χ4v) is 2.18. The third kappa shape index (κ3) is 2.55. The summed E-state index contributed by atoms with van der Waals surface area (Å²) in [6.07, 6.45) is 1.90. The molecular formula is C15H20N2O. The van der Waals surface area contributed by atoms with E-state index in [9.17, 15) is 0 Å². The summed E-state index contributed by atoms with van der Waals surface area (Å²) in [4.78, 5) is 4.36. The molecule has 0 aliphatic heterocycles. The number of nitrogens with zero attached hydrogens (tertiary/aromatic N) is 2. The SMILES string of the molecule is Cc1ccccc1OCc1cnc(C)n1C(C)C. The first-order valence-electron chi connectivity index (χ1n) is 6.30. The molecule has 0 aliphatic carbocycles. The summed E-state index contributed by atoms with van der Waals surface area (Å²) >= 11 is 0. The van der Waals surface area contributed by atoms with Gasteiger partial charge in [-0.15, -0.1) is 0 Å². The zero-order valence-corrected chi connectivity index (χ0v) is 11.5. The normalized spacial score (nSPS) is 10.9. The van der Waals surface area contributed by atoms with E-state index < -0.39 is 0 Å². The van der Waals surface area contributed by atoms with Crippen LogP contribution in [0.2, 0.25) is 0 Å². The molecule has 0 bridgehead atoms. The van der Waals surface area contributed by atoms with Crippen LogP contribution in [-0.2, 0) is 6.61 Å². The Kier molecular flexibility index (Phi) is 3.70. The minimum absolute atomic E-state index is 0.406. The van der Waals surface area contributed by atoms with Crippen molar-refractivity contribution in [1.29, 1.82) is 0 Å². The predicted molar refractivity (Wildman–Crippen MR) is 72.9 cm³/mol. The lowest BCUT2D eigenvalue weighted by Crippen LogP contribution is -2.10. The van der Waals surface area contributed by atoms with Gasteiger partial charge in [0.1, 0.15) is 18.2 Å². The molecule has 0 aliphatic rings. The molecule has 2 aromatic rings. The van der Waals surface area contributed by atoms with Crippen LogP contribution >= 0.6 is 0 Å². The lowest BCUT2D eigenvalue weighted by molar-refractivity contribution is 0.289. The molecule has 18 heavy (non-hydrogen) atoms. The molecular weight excluding hydrogens is 224 g/mol. The van der Waals surface area contributed by atoms with E-state index in [2.05, 4.69) is 36.4 Å². The molecule has 0 saturated heterocycles. The topological polar surface area (TPSA) is 27.1 Å². The summed E-state index contributed by atoms with van der Waals surface area (Å²) in [6.45, 7) is 8.96. The van der Waals surface area contributed by atoms with Crippen molar-refractivity contribution in [3.63, 3.8) is 0 Å². The maximum Gasteiger partial charge on any atom is 0.130 e. The molecule has 0 spiro atoms. The number of rotatable bonds is 4. The minimum Gasteiger partial charge on any atom is -0.487 e. The third-order valence-corrected chi connectivity index (χ3v) is 3.04. The van der Waals surface area contributed by atoms with Crippen molar-refractivity contribution in [2.24, 2.45) is 0 Å². The number of aryl methyl sites for hydroxylation is 2. The molecule has 3 heteroatoms. The number of imidazole rings is 1. The van der Waals surface area contributed by atoms with Gasteiger partial charge in [-0.1, -0.05) is 18.2 Å². The summed E-state index contributed by atoms with van der Waals surface area (Å²) in [7, 11) is 0. The monoisotopic (exact) mass is 244 g/mol. The number of hydrogen-bond donors (Lipinski definition) is 0. The Hall–Kier alpha value is -1.77. The van der Waals surface area contributed by atoms with Crippen molar-refractivity contribution < 1.29 is 4.74 Å². The first-order chi connectivity index (χ1) is 8.59. The van der Waals surface area contributed by atoms with Crippen LogP contribution < -0.4 is 4.74 Å². The van der Waals surface area contributed by atoms with Crippen LogP contribution in [0.15, 0.2) is 30.5 Å². The van der Waals surface area contributed by atoms with Gasteiger partial charge < -0.3 is 9.30 Å². The molecule has 3 nitrogen and oxygen atoms in total. The van der Waals surface area contributed by atoms with Crippen molar-refractivity contribution in [3.8, 4) is 5.75 Å². The maximum atomic E-state index is 5.87. The van der Waals surface area contributed by atoms with Crippen LogP contribution in [0.1, 0.15) is 37.0 Å². The molecule has 1 heterocycles. The van der Waals surface area contributed by atoms with Crippen LogP contribution in [-0.4, -0.2) is 9.55 Å². The Balaban J connectivity index is 2.14. The van der Waals surface area contributed by atoms with Crippen LogP contribution in [0, 0.1) is 13.8 Å². The fraction of sp³-hybridized carbons (Fsp3) is 0.400. The van der Waals surface area contributed by atoms with Crippen molar-refractivity contribution >= 4 is 0 Å². The van der Waals surface area contributed by atoms with E-state index in [0.29, 0.717) is 12.6 Å². The quantitative estimate of drug-likeness (QED) is 0.820. The standard InChI is InChI=1S/C15H20N2O/c1-11(2)17-13(4)16-9-14(17)10-18-15-8-6-5-7-12(15)3/h5-9,11H,10H2,1-4H3. The van der Waals surface area contributed by atoms with Gasteiger partial charge in [0.15, 0.2) is 0 Å². The van der Waals surface area contributed by atoms with Gasteiger partial charge in [-0.3, -0.25) is 0 Å². The second kappa shape index (κ2) is 5.25. The second-order valence-electron chi connectivity index (χ2n) is 4.81. The third-order valence-electron chi connectivity index (χ3n) is 3.04. The van der Waals surface area contributed by atoms with Crippen molar-refractivity contribution in [3.05, 3.63) is 47.5 Å². The molecule has 0 saturated carbocycles. The summed E-state index contributed by atoms with van der Waals surface area (Å²) in [5, 5.41) is 0. The highest BCUT2D eigenvalue weighted by Crippen LogP contribution is 2.19. The highest BCUT2D eigenvalue weighted by Gasteiger charge is 2.10. The molecule has 1 aromatic carbocycles. The molecule has 1 aromatic heterocycles. The van der Waals surface area contributed by atoms with Gasteiger partial charge in [0.25, 0.3) is 0 Å². The number of para-hydroxylation sites is 1. The Morgan fingerprint density at radius 2 is 1.94 bits per heavy atom. The van der Waals surface area contributed by atoms with Gasteiger partial charge >= 0.3 is 0 Å². The molecule has 0 radical (unpaired) electrons. The van der Waals surface area contributed by atoms with Crippen molar-refractivity contribution in [2.75, 3.05) is 0 Å². The van der Waals surface area contributed by atoms with E-state index in [1.807, 2.05) is 31.3 Å². The van der Waals surface area contributed by atoms with Crippen molar-refractivity contribution in [2.45, 2.75) is 40.3 Å². The van der Waals surface area contributed by atoms with Crippen LogP contribution in [0.25, 0.3) is 0 Å². The van der Waals surface area contributed by atoms with E-state index in [-0.39, 0.29) is 0 Å². The molecule has 0 amide bonds. The van der Waals surface area contributed by atoms with E-state index in [0.717, 1.165) is 22.8 Å². The van der Waals surface area contributed by atoms with Gasteiger partial charge in [-0.05, 0) is 39.3 Å². The second-order valence-corrected chi connectivity index (χ2v) is 4.81. The van der Waals surface area contributed by atoms with Crippen LogP contribution in [0.5, 0.6) is 5.75 Å². The van der Waals surface area contributed by atoms with Gasteiger partial charge in [0.2, 0.25) is 0 Å². The van der Waals surface area contributed by atoms with E-state index >= 15 is 0 Å². The smallest absolute Gasteiger partial charge is 0.130 e. The number of benzene rings is 1. The first-order valence-corrected chi connectivity index (χ1v) is 6.30. The molecule has 0 fully saturated rings. The average molecular weight is 244 g/mol. The van der Waals surface area contributed by atoms with Gasteiger partial charge in [0, 0.05) is 6.04 Å². The van der Waals surface area contributed by atoms with Gasteiger partial charge in [0.05, 0.1) is 11.9 Å². The average Bonchev–Trinajstić information content (AvgIpc) is 2.69. The Bertz CT molecular complexity index is 529. The van der Waals surface area contributed by atoms with Gasteiger partial charge in [-0.2, -0.15) is 0 Å². The van der Waals surface area contributed by atoms with Crippen LogP contribution in [0.3, 0.4) is 0 Å². The summed E-state index contributed by atoms with van der Waals surface area (Å²) in [5.41, 5.74) is 2.27. The molecule has 2 rings (SSSR count). The zero-order chi connectivity index (χ0) is 13.1. The highest BCUT2D eigenvalue weighted by molar-refractivity contribution is 5.31. The number of hydrogen-bond acceptors (Lipinski definition) is 2. The fourth-order valence-electron chi connectivity index (χ4n) is 2.18. The van der Waals surface area contributed by atoms with Crippen molar-refractivity contribution in [1.82, 2.24) is 9.55 Å². The van der Waals surface area contributed by atoms with E-state index in [4.69, 9.17) is 4.74 Å². The summed E-state index contributed by atoms with van der Waals surface area (Å²) in [6, 6.07) is 8.47. The molecule has 96 valence electrons. The Labute approximate surface area is 108 Å². The number of aromatic nitrogens is 2. The lowest BCUT2D eigenvalue weighted by Gasteiger charge is -2.15. The predicted octanol–water partition coefficient (Wildman–Crippen LogP) is 3.66. The Morgan fingerprint density at radius 3 is 2.61 bits per heavy atom. The molecule has 0 N–H and O–H groups in total. The highest BCUT2D eigenvalue weighted by atomic mass is 16.5. The maximum absolute atomic E-state index is 5.87. The van der Waals surface area contributed by atoms with Crippen LogP contribution in [0.4, 0.5) is 0 Å². The lowest BCUT2D eigenvalue weighted by atomic mass is 10.2. The summed E-state index contributed by atoms with van der Waals surface area (Å²) < 4.78 is 8.07.